The van der Waals surface area contributed by atoms with Crippen LogP contribution in [0.15, 0.2) is 22.7 Å². The predicted molar refractivity (Wildman–Crippen MR) is 67.1 cm³/mol. The van der Waals surface area contributed by atoms with Crippen LogP contribution in [0.1, 0.15) is 10.4 Å². The molecule has 0 bridgehead atoms. The molecule has 0 aliphatic rings. The van der Waals surface area contributed by atoms with Crippen molar-refractivity contribution in [3.05, 3.63) is 34.1 Å². The highest BCUT2D eigenvalue weighted by Gasteiger charge is 2.10. The minimum Gasteiger partial charge on any atom is -0.480 e. The molecule has 0 heterocycles. The van der Waals surface area contributed by atoms with Crippen LogP contribution in [0.2, 0.25) is 0 Å². The third-order valence-electron chi connectivity index (χ3n) is 1.97. The van der Waals surface area contributed by atoms with Crippen LogP contribution in [0, 0.1) is 5.82 Å². The number of carbonyl (C=O) groups is 3. The monoisotopic (exact) mass is 332 g/mol. The van der Waals surface area contributed by atoms with Crippen molar-refractivity contribution >= 4 is 33.7 Å². The first kappa shape index (κ1) is 15.1. The Morgan fingerprint density at radius 3 is 2.42 bits per heavy atom. The standard InChI is InChI=1S/C11H10BrFN2O4/c12-7-1-6(2-8(13)3-7)11(19)15-4-9(16)14-5-10(17)18/h1-3H,4-5H2,(H,14,16)(H,15,19)(H,17,18). The lowest BCUT2D eigenvalue weighted by atomic mass is 10.2. The van der Waals surface area contributed by atoms with Gasteiger partial charge in [-0.15, -0.1) is 0 Å². The largest absolute Gasteiger partial charge is 0.480 e. The molecule has 0 aliphatic carbocycles. The number of aliphatic carboxylic acids is 1. The molecule has 0 aromatic heterocycles. The molecule has 6 nitrogen and oxygen atoms in total. The molecular weight excluding hydrogens is 323 g/mol. The molecule has 3 N–H and O–H groups in total. The summed E-state index contributed by atoms with van der Waals surface area (Å²) in [5, 5.41) is 12.7. The van der Waals surface area contributed by atoms with Crippen molar-refractivity contribution in [2.24, 2.45) is 0 Å². The highest BCUT2D eigenvalue weighted by atomic mass is 79.9. The number of carboxylic acids is 1. The summed E-state index contributed by atoms with van der Waals surface area (Å²) >= 11 is 3.04. The van der Waals surface area contributed by atoms with Gasteiger partial charge in [0, 0.05) is 10.0 Å². The lowest BCUT2D eigenvalue weighted by Gasteiger charge is -2.06. The second-order valence-electron chi connectivity index (χ2n) is 3.51. The first-order valence-electron chi connectivity index (χ1n) is 5.11. The summed E-state index contributed by atoms with van der Waals surface area (Å²) in [5.41, 5.74) is 0.0536. The van der Waals surface area contributed by atoms with E-state index < -0.39 is 30.1 Å². The number of carboxylic acid groups (broad SMARTS) is 1. The molecule has 0 spiro atoms. The van der Waals surface area contributed by atoms with Gasteiger partial charge in [0.05, 0.1) is 6.54 Å². The summed E-state index contributed by atoms with van der Waals surface area (Å²) in [4.78, 5) is 32.9. The Kier molecular flexibility index (Phi) is 5.43. The van der Waals surface area contributed by atoms with Crippen molar-refractivity contribution in [2.75, 3.05) is 13.1 Å². The van der Waals surface area contributed by atoms with E-state index in [1.807, 2.05) is 0 Å². The maximum absolute atomic E-state index is 13.0. The Hall–Kier alpha value is -1.96. The molecule has 1 aromatic carbocycles. The van der Waals surface area contributed by atoms with Crippen LogP contribution < -0.4 is 10.6 Å². The molecule has 19 heavy (non-hydrogen) atoms. The minimum atomic E-state index is -1.19. The maximum atomic E-state index is 13.0. The molecule has 0 atom stereocenters. The minimum absolute atomic E-state index is 0.0536. The fourth-order valence-corrected chi connectivity index (χ4v) is 1.65. The zero-order valence-corrected chi connectivity index (χ0v) is 11.2. The molecule has 0 radical (unpaired) electrons. The molecule has 8 heteroatoms. The van der Waals surface area contributed by atoms with Crippen molar-refractivity contribution in [3.8, 4) is 0 Å². The summed E-state index contributed by atoms with van der Waals surface area (Å²) < 4.78 is 13.4. The van der Waals surface area contributed by atoms with Crippen LogP contribution in [-0.4, -0.2) is 36.0 Å². The molecule has 1 rings (SSSR count). The van der Waals surface area contributed by atoms with E-state index in [0.29, 0.717) is 4.47 Å². The molecule has 0 saturated heterocycles. The highest BCUT2D eigenvalue weighted by molar-refractivity contribution is 9.10. The number of hydrogen-bond acceptors (Lipinski definition) is 3. The lowest BCUT2D eigenvalue weighted by molar-refractivity contribution is -0.137. The van der Waals surface area contributed by atoms with Gasteiger partial charge in [-0.2, -0.15) is 0 Å². The maximum Gasteiger partial charge on any atom is 0.322 e. The lowest BCUT2D eigenvalue weighted by Crippen LogP contribution is -2.39. The summed E-state index contributed by atoms with van der Waals surface area (Å²) in [6.07, 6.45) is 0. The number of hydrogen-bond donors (Lipinski definition) is 3. The first-order chi connectivity index (χ1) is 8.88. The topological polar surface area (TPSA) is 95.5 Å². The highest BCUT2D eigenvalue weighted by Crippen LogP contribution is 2.14. The summed E-state index contributed by atoms with van der Waals surface area (Å²) in [7, 11) is 0. The van der Waals surface area contributed by atoms with Crippen molar-refractivity contribution in [3.63, 3.8) is 0 Å². The van der Waals surface area contributed by atoms with Crippen LogP contribution >= 0.6 is 15.9 Å². The molecule has 0 unspecified atom stereocenters. The van der Waals surface area contributed by atoms with E-state index in [9.17, 15) is 18.8 Å². The summed E-state index contributed by atoms with van der Waals surface area (Å²) in [5.74, 6) is -3.06. The van der Waals surface area contributed by atoms with Gasteiger partial charge in [-0.3, -0.25) is 14.4 Å². The van der Waals surface area contributed by atoms with Gasteiger partial charge in [-0.1, -0.05) is 15.9 Å². The number of benzene rings is 1. The summed E-state index contributed by atoms with van der Waals surface area (Å²) in [6.45, 7) is -0.916. The normalized spacial score (nSPS) is 9.79. The molecule has 0 saturated carbocycles. The number of halogens is 2. The van der Waals surface area contributed by atoms with E-state index in [-0.39, 0.29) is 12.1 Å². The van der Waals surface area contributed by atoms with E-state index in [1.54, 1.807) is 0 Å². The van der Waals surface area contributed by atoms with Crippen molar-refractivity contribution < 1.29 is 23.9 Å². The Morgan fingerprint density at radius 2 is 1.84 bits per heavy atom. The number of carbonyl (C=O) groups excluding carboxylic acids is 2. The average molecular weight is 333 g/mol. The Labute approximate surface area is 116 Å². The molecule has 2 amide bonds. The van der Waals surface area contributed by atoms with Gasteiger partial charge in [0.2, 0.25) is 5.91 Å². The predicted octanol–water partition coefficient (Wildman–Crippen LogP) is 0.519. The number of nitrogens with one attached hydrogen (secondary N) is 2. The third kappa shape index (κ3) is 5.47. The molecule has 0 aliphatic heterocycles. The van der Waals surface area contributed by atoms with Crippen molar-refractivity contribution in [1.82, 2.24) is 10.6 Å². The van der Waals surface area contributed by atoms with Gasteiger partial charge in [-0.05, 0) is 18.2 Å². The second-order valence-corrected chi connectivity index (χ2v) is 4.43. The van der Waals surface area contributed by atoms with E-state index in [2.05, 4.69) is 26.6 Å². The Balaban J connectivity index is 2.51. The fraction of sp³-hybridized carbons (Fsp3) is 0.182. The van der Waals surface area contributed by atoms with Crippen molar-refractivity contribution in [1.29, 1.82) is 0 Å². The van der Waals surface area contributed by atoms with E-state index >= 15 is 0 Å². The molecular formula is C11H10BrFN2O4. The quantitative estimate of drug-likeness (QED) is 0.732. The molecule has 0 fully saturated rings. The van der Waals surface area contributed by atoms with Crippen LogP contribution in [0.4, 0.5) is 4.39 Å². The zero-order valence-electron chi connectivity index (χ0n) is 9.57. The van der Waals surface area contributed by atoms with Gasteiger partial charge in [0.25, 0.3) is 5.91 Å². The van der Waals surface area contributed by atoms with Crippen LogP contribution in [0.3, 0.4) is 0 Å². The SMILES string of the molecule is O=C(O)CNC(=O)CNC(=O)c1cc(F)cc(Br)c1. The van der Waals surface area contributed by atoms with Gasteiger partial charge in [-0.25, -0.2) is 4.39 Å². The van der Waals surface area contributed by atoms with Gasteiger partial charge >= 0.3 is 5.97 Å². The Bertz CT molecular complexity index is 501. The average Bonchev–Trinajstić information content (AvgIpc) is 2.32. The zero-order chi connectivity index (χ0) is 14.4. The number of amides is 2. The Morgan fingerprint density at radius 1 is 1.16 bits per heavy atom. The third-order valence-corrected chi connectivity index (χ3v) is 2.43. The first-order valence-corrected chi connectivity index (χ1v) is 5.90. The number of rotatable bonds is 5. The van der Waals surface area contributed by atoms with Gasteiger partial charge < -0.3 is 15.7 Å². The van der Waals surface area contributed by atoms with Crippen molar-refractivity contribution in [2.45, 2.75) is 0 Å². The molecule has 1 aromatic rings. The van der Waals surface area contributed by atoms with E-state index in [1.165, 1.54) is 12.1 Å². The van der Waals surface area contributed by atoms with E-state index in [4.69, 9.17) is 5.11 Å². The molecule has 102 valence electrons. The van der Waals surface area contributed by atoms with Crippen LogP contribution in [-0.2, 0) is 9.59 Å². The van der Waals surface area contributed by atoms with Crippen LogP contribution in [0.5, 0.6) is 0 Å². The van der Waals surface area contributed by atoms with Gasteiger partial charge in [0.15, 0.2) is 0 Å². The fourth-order valence-electron chi connectivity index (χ4n) is 1.18. The second kappa shape index (κ2) is 6.83. The van der Waals surface area contributed by atoms with E-state index in [0.717, 1.165) is 6.07 Å². The summed E-state index contributed by atoms with van der Waals surface area (Å²) in [6, 6.07) is 3.61. The van der Waals surface area contributed by atoms with Gasteiger partial charge in [0.1, 0.15) is 12.4 Å². The smallest absolute Gasteiger partial charge is 0.322 e. The van der Waals surface area contributed by atoms with Crippen LogP contribution in [0.25, 0.3) is 0 Å².